The van der Waals surface area contributed by atoms with Crippen LogP contribution in [0.15, 0.2) is 41.9 Å². The summed E-state index contributed by atoms with van der Waals surface area (Å²) in [5, 5.41) is 4.64. The number of hydrogen-bond donors (Lipinski definition) is 1. The summed E-state index contributed by atoms with van der Waals surface area (Å²) in [6.45, 7) is 1.06. The number of carbonyl (C=O) groups is 3. The van der Waals surface area contributed by atoms with Gasteiger partial charge in [-0.05, 0) is 66.8 Å². The van der Waals surface area contributed by atoms with Gasteiger partial charge in [0, 0.05) is 31.8 Å². The van der Waals surface area contributed by atoms with Gasteiger partial charge in [-0.1, -0.05) is 12.1 Å². The van der Waals surface area contributed by atoms with Gasteiger partial charge in [0.25, 0.3) is 5.91 Å². The van der Waals surface area contributed by atoms with E-state index in [1.165, 1.54) is 0 Å². The minimum Gasteiger partial charge on any atom is -0.492 e. The van der Waals surface area contributed by atoms with Crippen molar-refractivity contribution in [2.24, 2.45) is 0 Å². The predicted molar refractivity (Wildman–Crippen MR) is 132 cm³/mol. The molecule has 0 bridgehead atoms. The van der Waals surface area contributed by atoms with Crippen LogP contribution in [-0.2, 0) is 22.6 Å². The highest BCUT2D eigenvalue weighted by molar-refractivity contribution is 7.17. The Morgan fingerprint density at radius 1 is 1.26 bits per heavy atom. The van der Waals surface area contributed by atoms with E-state index < -0.39 is 6.04 Å². The van der Waals surface area contributed by atoms with Crippen molar-refractivity contribution in [3.63, 3.8) is 0 Å². The number of nitrogens with zero attached hydrogens (tertiary/aromatic N) is 2. The minimum absolute atomic E-state index is 0.137. The first-order valence-electron chi connectivity index (χ1n) is 11.7. The number of amides is 2. The smallest absolute Gasteiger partial charge is 0.255 e. The van der Waals surface area contributed by atoms with Crippen LogP contribution >= 0.6 is 11.3 Å². The normalized spacial score (nSPS) is 13.7. The molecule has 0 saturated heterocycles. The monoisotopic (exact) mass is 479 g/mol. The number of ether oxygens (including phenoxy) is 1. The molecule has 1 aromatic carbocycles. The van der Waals surface area contributed by atoms with Crippen molar-refractivity contribution in [2.45, 2.75) is 51.1 Å². The van der Waals surface area contributed by atoms with E-state index in [0.29, 0.717) is 25.1 Å². The summed E-state index contributed by atoms with van der Waals surface area (Å²) >= 11 is 1.64. The van der Waals surface area contributed by atoms with E-state index in [1.807, 2.05) is 29.6 Å². The van der Waals surface area contributed by atoms with Crippen LogP contribution in [0.25, 0.3) is 10.2 Å². The number of hydrogen-bond acceptors (Lipinski definition) is 6. The van der Waals surface area contributed by atoms with Crippen LogP contribution in [0.3, 0.4) is 0 Å². The molecule has 2 aromatic heterocycles. The molecular formula is C26H29N3O4S. The second-order valence-corrected chi connectivity index (χ2v) is 9.27. The van der Waals surface area contributed by atoms with E-state index in [1.54, 1.807) is 29.5 Å². The van der Waals surface area contributed by atoms with Gasteiger partial charge >= 0.3 is 0 Å². The Morgan fingerprint density at radius 3 is 2.97 bits per heavy atom. The number of fused-ring (bicyclic) bond motifs is 2. The number of aldehydes is 1. The molecule has 4 rings (SSSR count). The molecule has 7 nitrogen and oxygen atoms in total. The third kappa shape index (κ3) is 5.12. The third-order valence-electron chi connectivity index (χ3n) is 6.23. The molecule has 1 atom stereocenters. The van der Waals surface area contributed by atoms with Crippen LogP contribution < -0.4 is 10.1 Å². The van der Waals surface area contributed by atoms with Gasteiger partial charge in [0.1, 0.15) is 18.1 Å². The van der Waals surface area contributed by atoms with Gasteiger partial charge in [0.05, 0.1) is 16.8 Å². The topological polar surface area (TPSA) is 88.6 Å². The second-order valence-electron chi connectivity index (χ2n) is 8.35. The molecule has 3 aromatic rings. The highest BCUT2D eigenvalue weighted by Crippen LogP contribution is 2.31. The van der Waals surface area contributed by atoms with E-state index in [2.05, 4.69) is 16.4 Å². The highest BCUT2D eigenvalue weighted by atomic mass is 32.1. The zero-order valence-electron chi connectivity index (χ0n) is 19.3. The number of aromatic nitrogens is 1. The Balaban J connectivity index is 1.31. The van der Waals surface area contributed by atoms with Crippen LogP contribution in [0.5, 0.6) is 5.75 Å². The Hall–Kier alpha value is -3.26. The minimum atomic E-state index is -0.636. The average Bonchev–Trinajstić information content (AvgIpc) is 3.47. The summed E-state index contributed by atoms with van der Waals surface area (Å²) in [7, 11) is 1.55. The first kappa shape index (κ1) is 23.9. The number of benzene rings is 1. The number of likely N-dealkylation sites (N-methyl/N-ethyl adjacent to an activating group) is 1. The SMILES string of the molecule is CNC(=O)C(CCC=O)N1Cc2c(CCCCCOc3ccnc4ccsc34)cccc2C1=O. The third-order valence-corrected chi connectivity index (χ3v) is 7.15. The van der Waals surface area contributed by atoms with E-state index in [-0.39, 0.29) is 18.2 Å². The van der Waals surface area contributed by atoms with Crippen LogP contribution in [0.1, 0.15) is 53.6 Å². The summed E-state index contributed by atoms with van der Waals surface area (Å²) in [6, 6.07) is 9.08. The lowest BCUT2D eigenvalue weighted by Crippen LogP contribution is -2.46. The van der Waals surface area contributed by atoms with Gasteiger partial charge in [0.2, 0.25) is 5.91 Å². The van der Waals surface area contributed by atoms with E-state index in [9.17, 15) is 14.4 Å². The number of carbonyl (C=O) groups excluding carboxylic acids is 3. The maximum absolute atomic E-state index is 13.0. The molecule has 0 aliphatic carbocycles. The van der Waals surface area contributed by atoms with Crippen LogP contribution in [0, 0.1) is 0 Å². The Bertz CT molecular complexity index is 1180. The summed E-state index contributed by atoms with van der Waals surface area (Å²) < 4.78 is 7.06. The maximum atomic E-state index is 13.0. The van der Waals surface area contributed by atoms with Crippen LogP contribution in [-0.4, -0.2) is 47.7 Å². The Morgan fingerprint density at radius 2 is 2.15 bits per heavy atom. The standard InChI is InChI=1S/C26H29N3O4S/c1-27-25(31)22(10-6-14-30)29-17-20-18(8-5-9-19(20)26(29)32)7-3-2-4-15-33-23-11-13-28-21-12-16-34-24(21)23/h5,8-9,11-14,16,22H,2-4,6-7,10,15,17H2,1H3,(H,27,31). The largest absolute Gasteiger partial charge is 0.492 e. The van der Waals surface area contributed by atoms with E-state index in [0.717, 1.165) is 59.1 Å². The first-order chi connectivity index (χ1) is 16.6. The van der Waals surface area contributed by atoms with Gasteiger partial charge in [0.15, 0.2) is 0 Å². The van der Waals surface area contributed by atoms with Gasteiger partial charge in [-0.3, -0.25) is 14.6 Å². The fourth-order valence-corrected chi connectivity index (χ4v) is 5.28. The van der Waals surface area contributed by atoms with Gasteiger partial charge in [-0.2, -0.15) is 0 Å². The summed E-state index contributed by atoms with van der Waals surface area (Å²) in [5.41, 5.74) is 3.78. The number of aryl methyl sites for hydroxylation is 1. The summed E-state index contributed by atoms with van der Waals surface area (Å²) in [5.74, 6) is 0.514. The quantitative estimate of drug-likeness (QED) is 0.312. The zero-order chi connectivity index (χ0) is 23.9. The molecular weight excluding hydrogens is 450 g/mol. The Labute approximate surface area is 203 Å². The summed E-state index contributed by atoms with van der Waals surface area (Å²) in [4.78, 5) is 42.2. The Kier molecular flexibility index (Phi) is 7.90. The second kappa shape index (κ2) is 11.2. The maximum Gasteiger partial charge on any atom is 0.255 e. The van der Waals surface area contributed by atoms with Crippen molar-refractivity contribution in [3.05, 3.63) is 58.6 Å². The molecule has 1 aliphatic heterocycles. The molecule has 0 radical (unpaired) electrons. The lowest BCUT2D eigenvalue weighted by atomic mass is 9.98. The fraction of sp³-hybridized carbons (Fsp3) is 0.385. The molecule has 0 fully saturated rings. The molecule has 3 heterocycles. The number of nitrogens with one attached hydrogen (secondary N) is 1. The van der Waals surface area contributed by atoms with Gasteiger partial charge in [-0.25, -0.2) is 0 Å². The first-order valence-corrected chi connectivity index (χ1v) is 12.5. The number of rotatable bonds is 12. The molecule has 1 aliphatic rings. The van der Waals surface area contributed by atoms with Crippen molar-refractivity contribution < 1.29 is 19.1 Å². The van der Waals surface area contributed by atoms with Gasteiger partial charge < -0.3 is 19.7 Å². The van der Waals surface area contributed by atoms with Crippen LogP contribution in [0.2, 0.25) is 0 Å². The molecule has 0 saturated carbocycles. The molecule has 34 heavy (non-hydrogen) atoms. The van der Waals surface area contributed by atoms with Gasteiger partial charge in [-0.15, -0.1) is 11.3 Å². The molecule has 1 N–H and O–H groups in total. The molecule has 178 valence electrons. The van der Waals surface area contributed by atoms with E-state index in [4.69, 9.17) is 4.74 Å². The van der Waals surface area contributed by atoms with Crippen molar-refractivity contribution >= 4 is 39.7 Å². The average molecular weight is 480 g/mol. The highest BCUT2D eigenvalue weighted by Gasteiger charge is 2.36. The number of unbranched alkanes of at least 4 members (excludes halogenated alkanes) is 2. The van der Waals surface area contributed by atoms with Crippen molar-refractivity contribution in [1.29, 1.82) is 0 Å². The summed E-state index contributed by atoms with van der Waals surface area (Å²) in [6.07, 6.45) is 6.95. The van der Waals surface area contributed by atoms with Crippen molar-refractivity contribution in [2.75, 3.05) is 13.7 Å². The fourth-order valence-electron chi connectivity index (χ4n) is 4.47. The van der Waals surface area contributed by atoms with E-state index >= 15 is 0 Å². The molecule has 0 spiro atoms. The number of pyridine rings is 1. The predicted octanol–water partition coefficient (Wildman–Crippen LogP) is 4.14. The van der Waals surface area contributed by atoms with Crippen molar-refractivity contribution in [1.82, 2.24) is 15.2 Å². The number of thiophene rings is 1. The zero-order valence-corrected chi connectivity index (χ0v) is 20.1. The molecule has 8 heteroatoms. The molecule has 1 unspecified atom stereocenters. The van der Waals surface area contributed by atoms with Crippen molar-refractivity contribution in [3.8, 4) is 5.75 Å². The van der Waals surface area contributed by atoms with Crippen LogP contribution in [0.4, 0.5) is 0 Å². The lowest BCUT2D eigenvalue weighted by Gasteiger charge is -2.25. The lowest BCUT2D eigenvalue weighted by molar-refractivity contribution is -0.125. The molecule has 2 amide bonds.